The van der Waals surface area contributed by atoms with Crippen LogP contribution in [0.15, 0.2) is 47.4 Å². The fourth-order valence-electron chi connectivity index (χ4n) is 2.99. The minimum absolute atomic E-state index is 0.0333. The number of ether oxygens (including phenoxy) is 2. The summed E-state index contributed by atoms with van der Waals surface area (Å²) in [5.41, 5.74) is 0.720. The first-order valence-electron chi connectivity index (χ1n) is 10.5. The zero-order chi connectivity index (χ0) is 23.2. The molecule has 0 aliphatic carbocycles. The third-order valence-electron chi connectivity index (χ3n) is 4.39. The van der Waals surface area contributed by atoms with Gasteiger partial charge in [0.15, 0.2) is 0 Å². The van der Waals surface area contributed by atoms with Crippen molar-refractivity contribution in [2.24, 2.45) is 0 Å². The SMILES string of the molecule is CCN(CC)S(=O)(=O)c1ccc(OC(C)C)c(NC(=O)c2ccc(OC(C)C)cc2)c1. The first-order valence-corrected chi connectivity index (χ1v) is 11.9. The summed E-state index contributed by atoms with van der Waals surface area (Å²) >= 11 is 0. The van der Waals surface area contributed by atoms with Gasteiger partial charge in [0.05, 0.1) is 22.8 Å². The molecule has 8 heteroatoms. The molecule has 170 valence electrons. The van der Waals surface area contributed by atoms with E-state index in [0.717, 1.165) is 0 Å². The monoisotopic (exact) mass is 448 g/mol. The summed E-state index contributed by atoms with van der Waals surface area (Å²) in [5, 5.41) is 2.79. The van der Waals surface area contributed by atoms with E-state index in [1.54, 1.807) is 44.2 Å². The fourth-order valence-corrected chi connectivity index (χ4v) is 4.47. The number of nitrogens with zero attached hydrogens (tertiary/aromatic N) is 1. The van der Waals surface area contributed by atoms with Crippen molar-refractivity contribution in [2.75, 3.05) is 18.4 Å². The molecule has 0 aliphatic heterocycles. The number of benzene rings is 2. The highest BCUT2D eigenvalue weighted by molar-refractivity contribution is 7.89. The van der Waals surface area contributed by atoms with Gasteiger partial charge in [0.2, 0.25) is 10.0 Å². The summed E-state index contributed by atoms with van der Waals surface area (Å²) in [6, 6.07) is 11.3. The number of rotatable bonds is 10. The lowest BCUT2D eigenvalue weighted by atomic mass is 10.2. The van der Waals surface area contributed by atoms with Crippen LogP contribution < -0.4 is 14.8 Å². The van der Waals surface area contributed by atoms with Crippen LogP contribution >= 0.6 is 0 Å². The van der Waals surface area contributed by atoms with E-state index in [-0.39, 0.29) is 23.0 Å². The Morgan fingerprint density at radius 3 is 2.03 bits per heavy atom. The van der Waals surface area contributed by atoms with Crippen LogP contribution in [0.1, 0.15) is 51.9 Å². The molecule has 0 unspecified atom stereocenters. The Morgan fingerprint density at radius 1 is 0.935 bits per heavy atom. The first kappa shape index (κ1) is 24.7. The van der Waals surface area contributed by atoms with Crippen molar-refractivity contribution in [3.05, 3.63) is 48.0 Å². The molecule has 7 nitrogen and oxygen atoms in total. The summed E-state index contributed by atoms with van der Waals surface area (Å²) < 4.78 is 38.6. The van der Waals surface area contributed by atoms with Gasteiger partial charge in [-0.05, 0) is 70.2 Å². The highest BCUT2D eigenvalue weighted by atomic mass is 32.2. The third-order valence-corrected chi connectivity index (χ3v) is 6.44. The van der Waals surface area contributed by atoms with Crippen LogP contribution in [0.3, 0.4) is 0 Å². The van der Waals surface area contributed by atoms with Crippen molar-refractivity contribution in [1.29, 1.82) is 0 Å². The van der Waals surface area contributed by atoms with Gasteiger partial charge in [0, 0.05) is 18.7 Å². The maximum atomic E-state index is 12.9. The molecule has 0 saturated heterocycles. The second-order valence-corrected chi connectivity index (χ2v) is 9.50. The highest BCUT2D eigenvalue weighted by Gasteiger charge is 2.23. The maximum Gasteiger partial charge on any atom is 0.255 e. The predicted molar refractivity (Wildman–Crippen MR) is 122 cm³/mol. The van der Waals surface area contributed by atoms with Gasteiger partial charge in [-0.2, -0.15) is 4.31 Å². The van der Waals surface area contributed by atoms with Gasteiger partial charge in [-0.3, -0.25) is 4.79 Å². The van der Waals surface area contributed by atoms with Gasteiger partial charge in [-0.15, -0.1) is 0 Å². The molecule has 2 aromatic rings. The van der Waals surface area contributed by atoms with Gasteiger partial charge >= 0.3 is 0 Å². The molecule has 0 aromatic heterocycles. The number of carbonyl (C=O) groups excluding carboxylic acids is 1. The summed E-state index contributed by atoms with van der Waals surface area (Å²) in [4.78, 5) is 12.9. The summed E-state index contributed by atoms with van der Waals surface area (Å²) in [7, 11) is -3.68. The predicted octanol–water partition coefficient (Wildman–Crippen LogP) is 4.54. The molecule has 1 amide bonds. The number of carbonyl (C=O) groups is 1. The summed E-state index contributed by atoms with van der Waals surface area (Å²) in [5.74, 6) is 0.700. The van der Waals surface area contributed by atoms with E-state index < -0.39 is 10.0 Å². The number of amides is 1. The van der Waals surface area contributed by atoms with Crippen molar-refractivity contribution in [1.82, 2.24) is 4.31 Å². The lowest BCUT2D eigenvalue weighted by Crippen LogP contribution is -2.30. The Kier molecular flexibility index (Phi) is 8.47. The van der Waals surface area contributed by atoms with Gasteiger partial charge in [-0.1, -0.05) is 13.8 Å². The van der Waals surface area contributed by atoms with Gasteiger partial charge in [-0.25, -0.2) is 8.42 Å². The van der Waals surface area contributed by atoms with E-state index >= 15 is 0 Å². The molecule has 31 heavy (non-hydrogen) atoms. The molecular weight excluding hydrogens is 416 g/mol. The number of nitrogens with one attached hydrogen (secondary N) is 1. The zero-order valence-electron chi connectivity index (χ0n) is 19.0. The topological polar surface area (TPSA) is 84.9 Å². The Balaban J connectivity index is 2.37. The number of hydrogen-bond acceptors (Lipinski definition) is 5. The van der Waals surface area contributed by atoms with Crippen molar-refractivity contribution >= 4 is 21.6 Å². The molecule has 0 aliphatic rings. The Hall–Kier alpha value is -2.58. The second-order valence-electron chi connectivity index (χ2n) is 7.56. The molecule has 0 spiro atoms. The zero-order valence-corrected chi connectivity index (χ0v) is 19.8. The van der Waals surface area contributed by atoms with Crippen LogP contribution in [0.5, 0.6) is 11.5 Å². The standard InChI is InChI=1S/C23H32N2O5S/c1-7-25(8-2)31(27,28)20-13-14-22(30-17(5)6)21(15-20)24-23(26)18-9-11-19(12-10-18)29-16(3)4/h9-17H,7-8H2,1-6H3,(H,24,26). The molecular formula is C23H32N2O5S. The van der Waals surface area contributed by atoms with E-state index in [2.05, 4.69) is 5.32 Å². The van der Waals surface area contributed by atoms with Crippen molar-refractivity contribution < 1.29 is 22.7 Å². The van der Waals surface area contributed by atoms with Gasteiger partial charge in [0.25, 0.3) is 5.91 Å². The average Bonchev–Trinajstić information content (AvgIpc) is 2.69. The van der Waals surface area contributed by atoms with Crippen LogP contribution in [-0.2, 0) is 10.0 Å². The molecule has 0 heterocycles. The molecule has 0 bridgehead atoms. The molecule has 1 N–H and O–H groups in total. The third kappa shape index (κ3) is 6.45. The lowest BCUT2D eigenvalue weighted by Gasteiger charge is -2.20. The second kappa shape index (κ2) is 10.6. The van der Waals surface area contributed by atoms with Gasteiger partial charge in [0.1, 0.15) is 11.5 Å². The van der Waals surface area contributed by atoms with E-state index in [1.807, 2.05) is 27.7 Å². The van der Waals surface area contributed by atoms with Crippen molar-refractivity contribution in [3.8, 4) is 11.5 Å². The van der Waals surface area contributed by atoms with E-state index in [9.17, 15) is 13.2 Å². The Morgan fingerprint density at radius 2 is 1.52 bits per heavy atom. The molecule has 2 rings (SSSR count). The summed E-state index contributed by atoms with van der Waals surface area (Å²) in [6.07, 6.45) is -0.112. The molecule has 0 saturated carbocycles. The Labute approximate surface area is 185 Å². The quantitative estimate of drug-likeness (QED) is 0.577. The maximum absolute atomic E-state index is 12.9. The molecule has 0 fully saturated rings. The van der Waals surface area contributed by atoms with Crippen LogP contribution in [-0.4, -0.2) is 43.9 Å². The molecule has 0 atom stereocenters. The minimum Gasteiger partial charge on any atom is -0.491 e. The first-order chi connectivity index (χ1) is 14.6. The number of anilines is 1. The Bertz CT molecular complexity index is 982. The normalized spacial score (nSPS) is 11.8. The van der Waals surface area contributed by atoms with E-state index in [0.29, 0.717) is 35.8 Å². The fraction of sp³-hybridized carbons (Fsp3) is 0.435. The minimum atomic E-state index is -3.68. The van der Waals surface area contributed by atoms with Crippen LogP contribution in [0.4, 0.5) is 5.69 Å². The van der Waals surface area contributed by atoms with Crippen LogP contribution in [0.2, 0.25) is 0 Å². The van der Waals surface area contributed by atoms with Crippen LogP contribution in [0, 0.1) is 0 Å². The van der Waals surface area contributed by atoms with E-state index in [4.69, 9.17) is 9.47 Å². The van der Waals surface area contributed by atoms with E-state index in [1.165, 1.54) is 16.4 Å². The highest BCUT2D eigenvalue weighted by Crippen LogP contribution is 2.30. The van der Waals surface area contributed by atoms with Gasteiger partial charge < -0.3 is 14.8 Å². The smallest absolute Gasteiger partial charge is 0.255 e. The molecule has 0 radical (unpaired) electrons. The van der Waals surface area contributed by atoms with Crippen molar-refractivity contribution in [2.45, 2.75) is 58.6 Å². The summed E-state index contributed by atoms with van der Waals surface area (Å²) in [6.45, 7) is 11.9. The van der Waals surface area contributed by atoms with Crippen molar-refractivity contribution in [3.63, 3.8) is 0 Å². The lowest BCUT2D eigenvalue weighted by molar-refractivity contribution is 0.102. The molecule has 2 aromatic carbocycles. The number of sulfonamides is 1. The largest absolute Gasteiger partial charge is 0.491 e. The van der Waals surface area contributed by atoms with Crippen LogP contribution in [0.25, 0.3) is 0 Å². The number of hydrogen-bond donors (Lipinski definition) is 1. The average molecular weight is 449 g/mol.